The fraction of sp³-hybridized carbons (Fsp3) is 0.500. The van der Waals surface area contributed by atoms with E-state index < -0.39 is 5.97 Å². The van der Waals surface area contributed by atoms with Gasteiger partial charge in [-0.3, -0.25) is 9.59 Å². The summed E-state index contributed by atoms with van der Waals surface area (Å²) in [5.74, 6) is -0.228. The van der Waals surface area contributed by atoms with Crippen molar-refractivity contribution >= 4 is 29.3 Å². The van der Waals surface area contributed by atoms with Crippen molar-refractivity contribution in [2.24, 2.45) is 0 Å². The Morgan fingerprint density at radius 3 is 2.33 bits per heavy atom. The van der Waals surface area contributed by atoms with Crippen molar-refractivity contribution < 1.29 is 14.7 Å². The van der Waals surface area contributed by atoms with Crippen molar-refractivity contribution in [3.8, 4) is 0 Å². The summed E-state index contributed by atoms with van der Waals surface area (Å²) in [6.45, 7) is 8.46. The molecule has 1 rings (SSSR count). The molecule has 0 atom stereocenters. The Morgan fingerprint density at radius 2 is 1.81 bits per heavy atom. The van der Waals surface area contributed by atoms with Crippen LogP contribution in [0.15, 0.2) is 18.2 Å². The first kappa shape index (κ1) is 17.6. The summed E-state index contributed by atoms with van der Waals surface area (Å²) in [7, 11) is 0. The largest absolute Gasteiger partial charge is 0.481 e. The number of carbonyl (C=O) groups excluding carboxylic acids is 1. The third kappa shape index (κ3) is 5.79. The molecule has 0 saturated carbocycles. The molecule has 5 heteroatoms. The zero-order chi connectivity index (χ0) is 16.0. The lowest BCUT2D eigenvalue weighted by Crippen LogP contribution is -2.17. The van der Waals surface area contributed by atoms with Gasteiger partial charge in [-0.05, 0) is 29.0 Å². The zero-order valence-corrected chi connectivity index (χ0v) is 13.8. The second-order valence-electron chi connectivity index (χ2n) is 5.59. The van der Waals surface area contributed by atoms with Crippen LogP contribution in [-0.2, 0) is 9.59 Å². The topological polar surface area (TPSA) is 66.4 Å². The Morgan fingerprint density at radius 1 is 1.14 bits per heavy atom. The highest BCUT2D eigenvalue weighted by Gasteiger charge is 2.12. The molecule has 4 nitrogen and oxygen atoms in total. The number of carboxylic acid groups (broad SMARTS) is 1. The Bertz CT molecular complexity index is 512. The summed E-state index contributed by atoms with van der Waals surface area (Å²) < 4.78 is 0. The highest BCUT2D eigenvalue weighted by atomic mass is 32.2. The number of aliphatic carboxylic acids is 1. The van der Waals surface area contributed by atoms with E-state index in [2.05, 4.69) is 39.1 Å². The molecule has 0 aliphatic heterocycles. The van der Waals surface area contributed by atoms with Gasteiger partial charge in [0.25, 0.3) is 0 Å². The molecule has 0 aromatic heterocycles. The third-order valence-corrected chi connectivity index (χ3v) is 4.01. The van der Waals surface area contributed by atoms with E-state index in [4.69, 9.17) is 5.11 Å². The van der Waals surface area contributed by atoms with Crippen LogP contribution in [-0.4, -0.2) is 28.5 Å². The van der Waals surface area contributed by atoms with Crippen LogP contribution in [0.4, 0.5) is 5.69 Å². The minimum Gasteiger partial charge on any atom is -0.481 e. The van der Waals surface area contributed by atoms with Crippen LogP contribution < -0.4 is 5.32 Å². The zero-order valence-electron chi connectivity index (χ0n) is 13.0. The van der Waals surface area contributed by atoms with Gasteiger partial charge in [-0.15, -0.1) is 11.8 Å². The first-order chi connectivity index (χ1) is 9.81. The van der Waals surface area contributed by atoms with Crippen molar-refractivity contribution in [1.29, 1.82) is 0 Å². The van der Waals surface area contributed by atoms with Gasteiger partial charge in [0, 0.05) is 5.69 Å². The fourth-order valence-corrected chi connectivity index (χ4v) is 2.48. The molecule has 0 bridgehead atoms. The van der Waals surface area contributed by atoms with Crippen molar-refractivity contribution in [1.82, 2.24) is 0 Å². The molecule has 0 fully saturated rings. The molecule has 0 saturated heterocycles. The van der Waals surface area contributed by atoms with Gasteiger partial charge in [-0.2, -0.15) is 0 Å². The smallest absolute Gasteiger partial charge is 0.313 e. The summed E-state index contributed by atoms with van der Waals surface area (Å²) >= 11 is 1.10. The molecular weight excluding hydrogens is 286 g/mol. The van der Waals surface area contributed by atoms with E-state index in [1.807, 2.05) is 12.1 Å². The van der Waals surface area contributed by atoms with Crippen molar-refractivity contribution in [3.05, 3.63) is 29.3 Å². The van der Waals surface area contributed by atoms with Gasteiger partial charge in [0.2, 0.25) is 5.91 Å². The minimum absolute atomic E-state index is 0.0588. The van der Waals surface area contributed by atoms with Crippen LogP contribution in [0.2, 0.25) is 0 Å². The average Bonchev–Trinajstić information content (AvgIpc) is 2.38. The number of hydrogen-bond donors (Lipinski definition) is 2. The van der Waals surface area contributed by atoms with Crippen LogP contribution in [0.3, 0.4) is 0 Å². The van der Waals surface area contributed by atoms with Gasteiger partial charge in [-0.25, -0.2) is 0 Å². The van der Waals surface area contributed by atoms with E-state index in [0.717, 1.165) is 23.0 Å². The third-order valence-electron chi connectivity index (χ3n) is 3.10. The average molecular weight is 309 g/mol. The predicted molar refractivity (Wildman–Crippen MR) is 88.2 cm³/mol. The molecule has 0 heterocycles. The first-order valence-corrected chi connectivity index (χ1v) is 8.20. The number of hydrogen-bond acceptors (Lipinski definition) is 3. The van der Waals surface area contributed by atoms with Gasteiger partial charge >= 0.3 is 5.97 Å². The summed E-state index contributed by atoms with van der Waals surface area (Å²) in [5, 5.41) is 11.4. The number of benzene rings is 1. The minimum atomic E-state index is -0.906. The highest BCUT2D eigenvalue weighted by molar-refractivity contribution is 8.00. The van der Waals surface area contributed by atoms with Crippen molar-refractivity contribution in [3.63, 3.8) is 0 Å². The monoisotopic (exact) mass is 309 g/mol. The van der Waals surface area contributed by atoms with Gasteiger partial charge in [0.15, 0.2) is 0 Å². The molecule has 2 N–H and O–H groups in total. The van der Waals surface area contributed by atoms with Gasteiger partial charge in [0.05, 0.1) is 11.5 Å². The number of rotatable bonds is 7. The Kier molecular flexibility index (Phi) is 6.75. The number of nitrogens with one attached hydrogen (secondary N) is 1. The number of anilines is 1. The Labute approximate surface area is 130 Å². The summed E-state index contributed by atoms with van der Waals surface area (Å²) in [5.41, 5.74) is 3.17. The van der Waals surface area contributed by atoms with Crippen LogP contribution in [0, 0.1) is 0 Å². The standard InChI is InChI=1S/C16H23NO3S/c1-10(2)12-5-6-14(13(7-12)11(3)4)17-15(18)8-21-9-16(19)20/h5-7,10-11H,8-9H2,1-4H3,(H,17,18)(H,19,20). The fourth-order valence-electron chi connectivity index (χ4n) is 1.95. The lowest BCUT2D eigenvalue weighted by atomic mass is 9.94. The van der Waals surface area contributed by atoms with Crippen LogP contribution in [0.1, 0.15) is 50.7 Å². The normalized spacial score (nSPS) is 11.0. The number of amides is 1. The van der Waals surface area contributed by atoms with Crippen LogP contribution in [0.5, 0.6) is 0 Å². The maximum absolute atomic E-state index is 11.9. The molecule has 116 valence electrons. The number of thioether (sulfide) groups is 1. The summed E-state index contributed by atoms with van der Waals surface area (Å²) in [6.07, 6.45) is 0. The summed E-state index contributed by atoms with van der Waals surface area (Å²) in [4.78, 5) is 22.3. The molecule has 21 heavy (non-hydrogen) atoms. The SMILES string of the molecule is CC(C)c1ccc(NC(=O)CSCC(=O)O)c(C(C)C)c1. The Hall–Kier alpha value is -1.49. The van der Waals surface area contributed by atoms with E-state index in [9.17, 15) is 9.59 Å². The number of carboxylic acids is 1. The van der Waals surface area contributed by atoms with Gasteiger partial charge in [0.1, 0.15) is 0 Å². The quantitative estimate of drug-likeness (QED) is 0.806. The lowest BCUT2D eigenvalue weighted by molar-refractivity contribution is -0.133. The van der Waals surface area contributed by atoms with Crippen LogP contribution >= 0.6 is 11.8 Å². The maximum Gasteiger partial charge on any atom is 0.313 e. The molecule has 1 aromatic carbocycles. The maximum atomic E-state index is 11.9. The molecule has 0 spiro atoms. The van der Waals surface area contributed by atoms with Gasteiger partial charge in [-0.1, -0.05) is 39.8 Å². The second-order valence-corrected chi connectivity index (χ2v) is 6.58. The van der Waals surface area contributed by atoms with Crippen LogP contribution in [0.25, 0.3) is 0 Å². The molecule has 1 amide bonds. The highest BCUT2D eigenvalue weighted by Crippen LogP contribution is 2.28. The lowest BCUT2D eigenvalue weighted by Gasteiger charge is -2.17. The molecule has 0 radical (unpaired) electrons. The van der Waals surface area contributed by atoms with Crippen molar-refractivity contribution in [2.75, 3.05) is 16.8 Å². The predicted octanol–water partition coefficient (Wildman–Crippen LogP) is 3.69. The van der Waals surface area contributed by atoms with E-state index in [1.54, 1.807) is 0 Å². The number of carbonyl (C=O) groups is 2. The first-order valence-electron chi connectivity index (χ1n) is 7.04. The molecule has 0 unspecified atom stereocenters. The van der Waals surface area contributed by atoms with E-state index in [-0.39, 0.29) is 17.4 Å². The van der Waals surface area contributed by atoms with Crippen molar-refractivity contribution in [2.45, 2.75) is 39.5 Å². The molecule has 0 aliphatic carbocycles. The van der Waals surface area contributed by atoms with E-state index in [0.29, 0.717) is 11.8 Å². The van der Waals surface area contributed by atoms with Gasteiger partial charge < -0.3 is 10.4 Å². The van der Waals surface area contributed by atoms with E-state index >= 15 is 0 Å². The molecular formula is C16H23NO3S. The second kappa shape index (κ2) is 8.08. The molecule has 0 aliphatic rings. The van der Waals surface area contributed by atoms with E-state index in [1.165, 1.54) is 5.56 Å². The Balaban J connectivity index is 2.78. The summed E-state index contributed by atoms with van der Waals surface area (Å²) in [6, 6.07) is 6.09. The molecule has 1 aromatic rings.